The van der Waals surface area contributed by atoms with Crippen LogP contribution in [0.4, 0.5) is 5.69 Å². The predicted molar refractivity (Wildman–Crippen MR) is 83.2 cm³/mol. The van der Waals surface area contributed by atoms with Crippen molar-refractivity contribution in [2.24, 2.45) is 0 Å². The predicted octanol–water partition coefficient (Wildman–Crippen LogP) is 3.19. The maximum Gasteiger partial charge on any atom is 0.248 e. The largest absolute Gasteiger partial charge is 0.322 e. The summed E-state index contributed by atoms with van der Waals surface area (Å²) in [5.74, 6) is 2.27. The van der Waals surface area contributed by atoms with Gasteiger partial charge in [0.25, 0.3) is 0 Å². The molecule has 0 aliphatic rings. The Morgan fingerprint density at radius 2 is 1.90 bits per heavy atom. The number of benzene rings is 2. The summed E-state index contributed by atoms with van der Waals surface area (Å²) in [6.07, 6.45) is 8.42. The van der Waals surface area contributed by atoms with Crippen molar-refractivity contribution in [1.29, 1.82) is 5.26 Å². The summed E-state index contributed by atoms with van der Waals surface area (Å²) in [7, 11) is 0. The van der Waals surface area contributed by atoms with Gasteiger partial charge in [-0.15, -0.1) is 6.42 Å². The van der Waals surface area contributed by atoms with E-state index in [1.165, 1.54) is 6.08 Å². The van der Waals surface area contributed by atoms with Crippen molar-refractivity contribution < 1.29 is 4.79 Å². The molecule has 2 rings (SSSR count). The van der Waals surface area contributed by atoms with Crippen molar-refractivity contribution >= 4 is 17.7 Å². The number of carbonyl (C=O) groups excluding carboxylic acids is 1. The first-order valence-electron chi connectivity index (χ1n) is 6.27. The van der Waals surface area contributed by atoms with Gasteiger partial charge in [-0.25, -0.2) is 0 Å². The smallest absolute Gasteiger partial charge is 0.248 e. The van der Waals surface area contributed by atoms with Gasteiger partial charge in [0.05, 0.1) is 11.6 Å². The lowest BCUT2D eigenvalue weighted by molar-refractivity contribution is -0.111. The molecule has 3 nitrogen and oxygen atoms in total. The van der Waals surface area contributed by atoms with Crippen molar-refractivity contribution in [1.82, 2.24) is 0 Å². The molecule has 21 heavy (non-hydrogen) atoms. The van der Waals surface area contributed by atoms with Crippen LogP contribution in [0, 0.1) is 23.7 Å². The van der Waals surface area contributed by atoms with Gasteiger partial charge in [-0.05, 0) is 42.0 Å². The second-order valence-electron chi connectivity index (χ2n) is 4.28. The van der Waals surface area contributed by atoms with E-state index in [0.717, 1.165) is 5.56 Å². The lowest BCUT2D eigenvalue weighted by atomic mass is 10.1. The summed E-state index contributed by atoms with van der Waals surface area (Å²) in [6.45, 7) is 0. The molecule has 3 heteroatoms. The molecule has 0 fully saturated rings. The van der Waals surface area contributed by atoms with Gasteiger partial charge in [0.1, 0.15) is 0 Å². The fourth-order valence-electron chi connectivity index (χ4n) is 1.71. The number of terminal acetylenes is 1. The number of nitrogens with one attached hydrogen (secondary N) is 1. The lowest BCUT2D eigenvalue weighted by Gasteiger charge is -2.02. The third kappa shape index (κ3) is 4.09. The van der Waals surface area contributed by atoms with Gasteiger partial charge < -0.3 is 5.32 Å². The molecule has 0 spiro atoms. The molecule has 0 aliphatic heterocycles. The molecule has 0 saturated heterocycles. The van der Waals surface area contributed by atoms with Gasteiger partial charge in [-0.3, -0.25) is 4.79 Å². The number of amides is 1. The van der Waals surface area contributed by atoms with E-state index in [-0.39, 0.29) is 5.91 Å². The summed E-state index contributed by atoms with van der Waals surface area (Å²) in [5, 5.41) is 11.4. The zero-order chi connectivity index (χ0) is 15.1. The molecule has 0 bridgehead atoms. The molecule has 0 aliphatic carbocycles. The molecule has 100 valence electrons. The van der Waals surface area contributed by atoms with Crippen LogP contribution in [0.2, 0.25) is 0 Å². The average Bonchev–Trinajstić information content (AvgIpc) is 2.53. The van der Waals surface area contributed by atoms with Gasteiger partial charge in [-0.1, -0.05) is 24.1 Å². The van der Waals surface area contributed by atoms with Crippen LogP contribution in [0.15, 0.2) is 54.6 Å². The van der Waals surface area contributed by atoms with E-state index in [0.29, 0.717) is 16.8 Å². The first-order chi connectivity index (χ1) is 10.2. The fraction of sp³-hybridized carbons (Fsp3) is 0. The molecule has 1 N–H and O–H groups in total. The highest BCUT2D eigenvalue weighted by Crippen LogP contribution is 2.10. The van der Waals surface area contributed by atoms with Crippen LogP contribution in [0.25, 0.3) is 6.08 Å². The van der Waals surface area contributed by atoms with Gasteiger partial charge in [0.15, 0.2) is 0 Å². The Kier molecular flexibility index (Phi) is 4.54. The van der Waals surface area contributed by atoms with E-state index in [9.17, 15) is 4.79 Å². The number of carbonyl (C=O) groups is 1. The normalized spacial score (nSPS) is 9.81. The SMILES string of the molecule is C#Cc1cccc(NC(=O)/C=C\c2ccc(C#N)cc2)c1. The maximum atomic E-state index is 11.8. The van der Waals surface area contributed by atoms with E-state index >= 15 is 0 Å². The van der Waals surface area contributed by atoms with Crippen molar-refractivity contribution in [2.75, 3.05) is 5.32 Å². The second kappa shape index (κ2) is 6.75. The number of nitriles is 1. The molecule has 1 amide bonds. The Balaban J connectivity index is 2.02. The molecule has 0 saturated carbocycles. The van der Waals surface area contributed by atoms with Gasteiger partial charge in [0, 0.05) is 17.3 Å². The second-order valence-corrected chi connectivity index (χ2v) is 4.28. The molecule has 2 aromatic rings. The van der Waals surface area contributed by atoms with Crippen LogP contribution in [0.1, 0.15) is 16.7 Å². The summed E-state index contributed by atoms with van der Waals surface area (Å²) in [6, 6.07) is 16.1. The lowest BCUT2D eigenvalue weighted by Crippen LogP contribution is -2.07. The van der Waals surface area contributed by atoms with Gasteiger partial charge >= 0.3 is 0 Å². The minimum absolute atomic E-state index is 0.242. The fourth-order valence-corrected chi connectivity index (χ4v) is 1.71. The summed E-state index contributed by atoms with van der Waals surface area (Å²) in [4.78, 5) is 11.8. The van der Waals surface area contributed by atoms with Crippen LogP contribution in [-0.4, -0.2) is 5.91 Å². The first kappa shape index (κ1) is 14.1. The first-order valence-corrected chi connectivity index (χ1v) is 6.27. The number of hydrogen-bond acceptors (Lipinski definition) is 2. The van der Waals surface area contributed by atoms with E-state index in [1.807, 2.05) is 6.07 Å². The van der Waals surface area contributed by atoms with E-state index in [2.05, 4.69) is 11.2 Å². The molecule has 2 aromatic carbocycles. The molecule has 0 atom stereocenters. The van der Waals surface area contributed by atoms with Gasteiger partial charge in [0.2, 0.25) is 5.91 Å². The maximum absolute atomic E-state index is 11.8. The Hall–Kier alpha value is -3.30. The highest BCUT2D eigenvalue weighted by molar-refractivity contribution is 6.02. The van der Waals surface area contributed by atoms with E-state index in [1.54, 1.807) is 54.6 Å². The minimum atomic E-state index is -0.242. The average molecular weight is 272 g/mol. The van der Waals surface area contributed by atoms with Crippen molar-refractivity contribution in [3.05, 3.63) is 71.3 Å². The minimum Gasteiger partial charge on any atom is -0.322 e. The van der Waals surface area contributed by atoms with Crippen LogP contribution < -0.4 is 5.32 Å². The number of nitrogens with zero attached hydrogens (tertiary/aromatic N) is 1. The number of rotatable bonds is 3. The molecule has 0 aromatic heterocycles. The summed E-state index contributed by atoms with van der Waals surface area (Å²) < 4.78 is 0. The third-order valence-corrected chi connectivity index (χ3v) is 2.76. The van der Waals surface area contributed by atoms with Crippen molar-refractivity contribution in [3.63, 3.8) is 0 Å². The van der Waals surface area contributed by atoms with Crippen molar-refractivity contribution in [3.8, 4) is 18.4 Å². The Morgan fingerprint density at radius 3 is 2.57 bits per heavy atom. The van der Waals surface area contributed by atoms with Crippen LogP contribution in [-0.2, 0) is 4.79 Å². The molecular formula is C18H12N2O. The zero-order valence-corrected chi connectivity index (χ0v) is 11.2. The zero-order valence-electron chi connectivity index (χ0n) is 11.2. The highest BCUT2D eigenvalue weighted by Gasteiger charge is 1.98. The van der Waals surface area contributed by atoms with E-state index in [4.69, 9.17) is 11.7 Å². The van der Waals surface area contributed by atoms with Crippen LogP contribution in [0.5, 0.6) is 0 Å². The van der Waals surface area contributed by atoms with Gasteiger partial charge in [-0.2, -0.15) is 5.26 Å². The Bertz CT molecular complexity index is 759. The number of anilines is 1. The molecule has 0 heterocycles. The monoisotopic (exact) mass is 272 g/mol. The molecular weight excluding hydrogens is 260 g/mol. The topological polar surface area (TPSA) is 52.9 Å². The summed E-state index contributed by atoms with van der Waals surface area (Å²) in [5.41, 5.74) is 2.80. The Morgan fingerprint density at radius 1 is 1.14 bits per heavy atom. The van der Waals surface area contributed by atoms with Crippen molar-refractivity contribution in [2.45, 2.75) is 0 Å². The van der Waals surface area contributed by atoms with E-state index < -0.39 is 0 Å². The van der Waals surface area contributed by atoms with Crippen LogP contribution >= 0.6 is 0 Å². The summed E-state index contributed by atoms with van der Waals surface area (Å²) >= 11 is 0. The van der Waals surface area contributed by atoms with Crippen LogP contribution in [0.3, 0.4) is 0 Å². The molecule has 0 radical (unpaired) electrons. The molecule has 0 unspecified atom stereocenters. The number of hydrogen-bond donors (Lipinski definition) is 1. The quantitative estimate of drug-likeness (QED) is 0.689. The Labute approximate surface area is 123 Å². The third-order valence-electron chi connectivity index (χ3n) is 2.76. The standard InChI is InChI=1S/C18H12N2O/c1-2-14-4-3-5-17(12-14)20-18(21)11-10-15-6-8-16(13-19)9-7-15/h1,3-12H,(H,20,21)/b11-10-. The highest BCUT2D eigenvalue weighted by atomic mass is 16.1.